The topological polar surface area (TPSA) is 108 Å². The third-order valence-electron chi connectivity index (χ3n) is 9.85. The van der Waals surface area contributed by atoms with Crippen molar-refractivity contribution in [2.45, 2.75) is 56.6 Å². The van der Waals surface area contributed by atoms with Crippen molar-refractivity contribution in [3.63, 3.8) is 0 Å². The maximum atomic E-state index is 11.8. The molecule has 8 rings (SSSR count). The molecule has 2 heterocycles. The maximum Gasteiger partial charge on any atom is 0.294 e. The van der Waals surface area contributed by atoms with Crippen molar-refractivity contribution in [1.82, 2.24) is 19.6 Å². The number of hydrogen-bond donors (Lipinski definition) is 1. The van der Waals surface area contributed by atoms with E-state index in [2.05, 4.69) is 18.2 Å². The zero-order valence-corrected chi connectivity index (χ0v) is 32.7. The van der Waals surface area contributed by atoms with Crippen molar-refractivity contribution in [2.75, 3.05) is 13.2 Å². The molecular weight excluding hydrogens is 790 g/mol. The van der Waals surface area contributed by atoms with Crippen LogP contribution in [0.4, 0.5) is 0 Å². The molecule has 0 bridgehead atoms. The Hall–Kier alpha value is -3.71. The number of fused-ring (bicyclic) bond motifs is 6. The number of benzene rings is 4. The first-order chi connectivity index (χ1) is 26.1. The Morgan fingerprint density at radius 2 is 1.15 bits per heavy atom. The van der Waals surface area contributed by atoms with Crippen molar-refractivity contribution in [3.8, 4) is 33.9 Å². The predicted octanol–water partition coefficient (Wildman–Crippen LogP) is 10.4. The highest BCUT2D eigenvalue weighted by Gasteiger charge is 2.31. The molecule has 1 N–H and O–H groups in total. The molecule has 14 heteroatoms. The number of halogens is 4. The van der Waals surface area contributed by atoms with Gasteiger partial charge in [-0.25, -0.2) is 9.36 Å². The zero-order chi connectivity index (χ0) is 37.6. The zero-order valence-electron chi connectivity index (χ0n) is 28.9. The number of aromatic nitrogens is 4. The molecule has 2 aliphatic carbocycles. The van der Waals surface area contributed by atoms with Crippen LogP contribution in [-0.2, 0) is 45.6 Å². The van der Waals surface area contributed by atoms with E-state index >= 15 is 0 Å². The van der Waals surface area contributed by atoms with E-state index in [1.807, 2.05) is 22.9 Å². The Balaban J connectivity index is 0.850. The first-order valence-electron chi connectivity index (χ1n) is 17.5. The average Bonchev–Trinajstić information content (AvgIpc) is 3.88. The molecule has 0 aliphatic heterocycles. The van der Waals surface area contributed by atoms with E-state index < -0.39 is 10.1 Å². The monoisotopic (exact) mass is 822 g/mol. The van der Waals surface area contributed by atoms with Crippen LogP contribution in [-0.4, -0.2) is 45.7 Å². The lowest BCUT2D eigenvalue weighted by Crippen LogP contribution is -2.04. The van der Waals surface area contributed by atoms with E-state index in [4.69, 9.17) is 66.1 Å². The van der Waals surface area contributed by atoms with Gasteiger partial charge in [-0.1, -0.05) is 89.6 Å². The maximum absolute atomic E-state index is 11.8. The van der Waals surface area contributed by atoms with Gasteiger partial charge in [0.05, 0.1) is 62.3 Å². The molecule has 0 saturated heterocycles. The van der Waals surface area contributed by atoms with Crippen LogP contribution in [0.15, 0.2) is 83.8 Å². The van der Waals surface area contributed by atoms with Gasteiger partial charge in [0.2, 0.25) is 0 Å². The summed E-state index contributed by atoms with van der Waals surface area (Å²) in [6, 6.07) is 23.6. The lowest BCUT2D eigenvalue weighted by Gasteiger charge is -2.10. The van der Waals surface area contributed by atoms with E-state index in [1.54, 1.807) is 35.0 Å². The summed E-state index contributed by atoms with van der Waals surface area (Å²) in [7, 11) is -4.35. The molecule has 0 radical (unpaired) electrons. The minimum absolute atomic E-state index is 0.150. The Morgan fingerprint density at radius 1 is 0.630 bits per heavy atom. The molecule has 278 valence electrons. The number of hydrogen-bond acceptors (Lipinski definition) is 6. The summed E-state index contributed by atoms with van der Waals surface area (Å²) in [5, 5.41) is 11.9. The molecule has 4 aromatic carbocycles. The lowest BCUT2D eigenvalue weighted by atomic mass is 10.1. The smallest absolute Gasteiger partial charge is 0.294 e. The molecule has 0 fully saturated rings. The minimum atomic E-state index is -4.35. The average molecular weight is 825 g/mol. The third kappa shape index (κ3) is 7.34. The molecule has 9 nitrogen and oxygen atoms in total. The second-order valence-electron chi connectivity index (χ2n) is 13.4. The van der Waals surface area contributed by atoms with Crippen LogP contribution in [0.1, 0.15) is 59.3 Å². The van der Waals surface area contributed by atoms with Crippen LogP contribution in [0.2, 0.25) is 20.1 Å². The fourth-order valence-electron chi connectivity index (χ4n) is 7.30. The van der Waals surface area contributed by atoms with Gasteiger partial charge in [0.15, 0.2) is 0 Å². The molecule has 0 spiro atoms. The Labute approximate surface area is 333 Å². The van der Waals surface area contributed by atoms with Gasteiger partial charge in [0.25, 0.3) is 10.1 Å². The van der Waals surface area contributed by atoms with Crippen LogP contribution in [0.3, 0.4) is 0 Å². The Morgan fingerprint density at radius 3 is 1.69 bits per heavy atom. The standard InChI is InChI=1S/C40H34Cl4N4O5S/c41-26-9-13-37(33(43)20-26)47-39-29-8-4-3-7-24(29)18-31(39)35(45-47)22-52-15-5-1-2-6-16-53-23-36-32-19-25-17-28(54(49,50)51)11-12-30(25)40(32)48(46-36)38-14-10-27(42)21-34(38)44/h3-4,7-14,17,20-21H,1-2,5-6,15-16,18-19,22-23H2,(H,49,50,51). The molecule has 0 unspecified atom stereocenters. The molecule has 54 heavy (non-hydrogen) atoms. The largest absolute Gasteiger partial charge is 0.375 e. The van der Waals surface area contributed by atoms with E-state index in [1.165, 1.54) is 17.7 Å². The fraction of sp³-hybridized carbons (Fsp3) is 0.250. The van der Waals surface area contributed by atoms with Crippen LogP contribution in [0.5, 0.6) is 0 Å². The van der Waals surface area contributed by atoms with Gasteiger partial charge in [-0.15, -0.1) is 0 Å². The molecule has 0 saturated carbocycles. The van der Waals surface area contributed by atoms with E-state index in [9.17, 15) is 13.0 Å². The quantitative estimate of drug-likeness (QED) is 0.0859. The van der Waals surface area contributed by atoms with Crippen molar-refractivity contribution >= 4 is 56.5 Å². The highest BCUT2D eigenvalue weighted by molar-refractivity contribution is 7.85. The third-order valence-corrected chi connectivity index (χ3v) is 11.8. The van der Waals surface area contributed by atoms with Crippen molar-refractivity contribution in [3.05, 3.63) is 133 Å². The summed E-state index contributed by atoms with van der Waals surface area (Å²) < 4.78 is 49.2. The first-order valence-corrected chi connectivity index (χ1v) is 20.5. The normalized spacial score (nSPS) is 12.9. The predicted molar refractivity (Wildman–Crippen MR) is 211 cm³/mol. The number of rotatable bonds is 14. The van der Waals surface area contributed by atoms with Gasteiger partial charge in [0, 0.05) is 58.4 Å². The highest BCUT2D eigenvalue weighted by atomic mass is 35.5. The van der Waals surface area contributed by atoms with E-state index in [0.717, 1.165) is 88.4 Å². The van der Waals surface area contributed by atoms with Crippen LogP contribution >= 0.6 is 46.4 Å². The van der Waals surface area contributed by atoms with Crippen LogP contribution in [0.25, 0.3) is 33.9 Å². The lowest BCUT2D eigenvalue weighted by molar-refractivity contribution is 0.105. The van der Waals surface area contributed by atoms with Crippen molar-refractivity contribution in [2.24, 2.45) is 0 Å². The summed E-state index contributed by atoms with van der Waals surface area (Å²) in [6.45, 7) is 1.87. The minimum Gasteiger partial charge on any atom is -0.375 e. The van der Waals surface area contributed by atoms with Gasteiger partial charge in [0.1, 0.15) is 0 Å². The van der Waals surface area contributed by atoms with Crippen LogP contribution < -0.4 is 0 Å². The summed E-state index contributed by atoms with van der Waals surface area (Å²) in [5.41, 5.74) is 11.0. The van der Waals surface area contributed by atoms with Gasteiger partial charge < -0.3 is 9.47 Å². The Bertz CT molecular complexity index is 2520. The SMILES string of the molecule is O=S(=O)(O)c1ccc2c(c1)Cc1c(COCCCCCCOCc3nn(-c4ccc(Cl)cc4Cl)c4c3Cc3ccccc3-4)nn(-c3ccc(Cl)cc3Cl)c1-2. The van der Waals surface area contributed by atoms with Crippen molar-refractivity contribution < 1.29 is 22.4 Å². The fourth-order valence-corrected chi connectivity index (χ4v) is 8.80. The van der Waals surface area contributed by atoms with Gasteiger partial charge in [-0.05, 0) is 72.5 Å². The van der Waals surface area contributed by atoms with Gasteiger partial charge in [-0.2, -0.15) is 18.6 Å². The number of unbranched alkanes of at least 4 members (excludes halogenated alkanes) is 3. The summed E-state index contributed by atoms with van der Waals surface area (Å²) in [4.78, 5) is -0.150. The first kappa shape index (κ1) is 37.2. The summed E-state index contributed by atoms with van der Waals surface area (Å²) >= 11 is 25.5. The van der Waals surface area contributed by atoms with E-state index in [-0.39, 0.29) is 11.5 Å². The second-order valence-corrected chi connectivity index (χ2v) is 16.5. The molecule has 6 aromatic rings. The molecule has 2 aromatic heterocycles. The van der Waals surface area contributed by atoms with Gasteiger partial charge in [-0.3, -0.25) is 4.55 Å². The number of ether oxygens (including phenoxy) is 2. The molecule has 2 aliphatic rings. The summed E-state index contributed by atoms with van der Waals surface area (Å²) in [6.07, 6.45) is 5.01. The highest BCUT2D eigenvalue weighted by Crippen LogP contribution is 2.43. The van der Waals surface area contributed by atoms with E-state index in [0.29, 0.717) is 52.0 Å². The van der Waals surface area contributed by atoms with Crippen molar-refractivity contribution in [1.29, 1.82) is 0 Å². The molecule has 0 amide bonds. The molecule has 0 atom stereocenters. The number of nitrogens with zero attached hydrogens (tertiary/aromatic N) is 4. The van der Waals surface area contributed by atoms with Gasteiger partial charge >= 0.3 is 0 Å². The summed E-state index contributed by atoms with van der Waals surface area (Å²) in [5.74, 6) is 0. The van der Waals surface area contributed by atoms with Crippen LogP contribution in [0, 0.1) is 0 Å². The molecular formula is C40H34Cl4N4O5S. The Kier molecular flexibility index (Phi) is 10.6. The second kappa shape index (κ2) is 15.4.